The molecule has 0 atom stereocenters. The van der Waals surface area contributed by atoms with Crippen molar-refractivity contribution in [3.8, 4) is 0 Å². The lowest BCUT2D eigenvalue weighted by atomic mass is 10.0. The molecule has 0 unspecified atom stereocenters. The number of hydrogen-bond acceptors (Lipinski definition) is 4. The number of nitrogens with one attached hydrogen (secondary N) is 2. The Morgan fingerprint density at radius 3 is 2.86 bits per heavy atom. The average Bonchev–Trinajstić information content (AvgIpc) is 2.48. The molecule has 0 aliphatic carbocycles. The van der Waals surface area contributed by atoms with Gasteiger partial charge in [0.25, 0.3) is 0 Å². The van der Waals surface area contributed by atoms with Crippen LogP contribution >= 0.6 is 0 Å². The average molecular weight is 305 g/mol. The number of piperidine rings is 1. The van der Waals surface area contributed by atoms with Crippen molar-refractivity contribution in [3.63, 3.8) is 0 Å². The normalized spacial score (nSPS) is 17.0. The molecule has 1 aromatic carbocycles. The van der Waals surface area contributed by atoms with Crippen LogP contribution in [0.3, 0.4) is 0 Å². The summed E-state index contributed by atoms with van der Waals surface area (Å²) in [6.07, 6.45) is 5.24. The van der Waals surface area contributed by atoms with Gasteiger partial charge in [-0.3, -0.25) is 9.71 Å². The first-order valence-corrected chi connectivity index (χ1v) is 8.83. The van der Waals surface area contributed by atoms with Gasteiger partial charge < -0.3 is 5.32 Å². The zero-order chi connectivity index (χ0) is 14.7. The molecule has 1 saturated heterocycles. The van der Waals surface area contributed by atoms with Crippen molar-refractivity contribution >= 4 is 26.5 Å². The molecule has 0 spiro atoms. The second-order valence-electron chi connectivity index (χ2n) is 5.48. The highest BCUT2D eigenvalue weighted by atomic mass is 32.2. The van der Waals surface area contributed by atoms with Gasteiger partial charge in [0.05, 0.1) is 11.4 Å². The third kappa shape index (κ3) is 3.51. The molecule has 2 heterocycles. The highest BCUT2D eigenvalue weighted by Crippen LogP contribution is 2.24. The molecule has 112 valence electrons. The molecule has 21 heavy (non-hydrogen) atoms. The third-order valence-corrected chi connectivity index (χ3v) is 5.30. The van der Waals surface area contributed by atoms with Crippen LogP contribution in [0.25, 0.3) is 10.8 Å². The molecule has 6 heteroatoms. The molecular formula is C15H19N3O2S. The van der Waals surface area contributed by atoms with Crippen LogP contribution in [0, 0.1) is 5.92 Å². The van der Waals surface area contributed by atoms with E-state index in [1.54, 1.807) is 18.5 Å². The van der Waals surface area contributed by atoms with E-state index in [-0.39, 0.29) is 11.7 Å². The van der Waals surface area contributed by atoms with Crippen molar-refractivity contribution in [1.29, 1.82) is 0 Å². The molecule has 1 aliphatic heterocycles. The number of benzene rings is 1. The van der Waals surface area contributed by atoms with Gasteiger partial charge in [0.1, 0.15) is 0 Å². The summed E-state index contributed by atoms with van der Waals surface area (Å²) in [4.78, 5) is 4.06. The van der Waals surface area contributed by atoms with Crippen molar-refractivity contribution in [1.82, 2.24) is 10.3 Å². The van der Waals surface area contributed by atoms with E-state index in [1.165, 1.54) is 0 Å². The molecule has 2 aromatic rings. The minimum atomic E-state index is -3.32. The van der Waals surface area contributed by atoms with Crippen LogP contribution in [0.1, 0.15) is 12.8 Å². The Bertz CT molecular complexity index is 719. The quantitative estimate of drug-likeness (QED) is 0.906. The molecule has 1 fully saturated rings. The lowest BCUT2D eigenvalue weighted by Crippen LogP contribution is -2.33. The zero-order valence-electron chi connectivity index (χ0n) is 11.7. The van der Waals surface area contributed by atoms with E-state index in [9.17, 15) is 8.42 Å². The summed E-state index contributed by atoms with van der Waals surface area (Å²) >= 11 is 0. The van der Waals surface area contributed by atoms with Crippen LogP contribution in [0.5, 0.6) is 0 Å². The number of anilines is 1. The molecule has 3 rings (SSSR count). The third-order valence-electron chi connectivity index (χ3n) is 3.86. The summed E-state index contributed by atoms with van der Waals surface area (Å²) in [5.74, 6) is 0.427. The molecule has 2 N–H and O–H groups in total. The van der Waals surface area contributed by atoms with Crippen molar-refractivity contribution in [2.24, 2.45) is 5.92 Å². The van der Waals surface area contributed by atoms with Gasteiger partial charge in [0, 0.05) is 23.2 Å². The van der Waals surface area contributed by atoms with E-state index in [4.69, 9.17) is 0 Å². The van der Waals surface area contributed by atoms with Gasteiger partial charge in [-0.2, -0.15) is 0 Å². The van der Waals surface area contributed by atoms with Crippen LogP contribution < -0.4 is 10.0 Å². The van der Waals surface area contributed by atoms with E-state index in [0.29, 0.717) is 5.69 Å². The Kier molecular flexibility index (Phi) is 4.07. The van der Waals surface area contributed by atoms with E-state index < -0.39 is 10.0 Å². The maximum absolute atomic E-state index is 12.4. The number of nitrogens with zero attached hydrogens (tertiary/aromatic N) is 1. The molecule has 1 aliphatic rings. The zero-order valence-corrected chi connectivity index (χ0v) is 12.6. The Balaban J connectivity index is 1.80. The number of hydrogen-bond donors (Lipinski definition) is 2. The van der Waals surface area contributed by atoms with Crippen molar-refractivity contribution in [2.75, 3.05) is 23.6 Å². The van der Waals surface area contributed by atoms with Gasteiger partial charge in [-0.25, -0.2) is 8.42 Å². The minimum Gasteiger partial charge on any atom is -0.317 e. The Morgan fingerprint density at radius 2 is 2.05 bits per heavy atom. The van der Waals surface area contributed by atoms with Crippen LogP contribution in [0.2, 0.25) is 0 Å². The van der Waals surface area contributed by atoms with E-state index in [0.717, 1.165) is 36.7 Å². The van der Waals surface area contributed by atoms with Gasteiger partial charge in [-0.05, 0) is 44.0 Å². The lowest BCUT2D eigenvalue weighted by Gasteiger charge is -2.22. The Morgan fingerprint density at radius 1 is 1.24 bits per heavy atom. The standard InChI is InChI=1S/C15H19N3O2S/c19-21(20,11-12-4-7-16-8-5-12)18-15-3-1-2-13-10-17-9-6-14(13)15/h1-3,6,9-10,12,16,18H,4-5,7-8,11H2. The van der Waals surface area contributed by atoms with E-state index in [2.05, 4.69) is 15.0 Å². The lowest BCUT2D eigenvalue weighted by molar-refractivity contribution is 0.402. The Hall–Kier alpha value is -1.66. The van der Waals surface area contributed by atoms with Crippen LogP contribution in [-0.2, 0) is 10.0 Å². The first-order chi connectivity index (χ1) is 10.1. The highest BCUT2D eigenvalue weighted by Gasteiger charge is 2.21. The smallest absolute Gasteiger partial charge is 0.233 e. The predicted molar refractivity (Wildman–Crippen MR) is 84.7 cm³/mol. The second-order valence-corrected chi connectivity index (χ2v) is 7.25. The highest BCUT2D eigenvalue weighted by molar-refractivity contribution is 7.92. The van der Waals surface area contributed by atoms with E-state index in [1.807, 2.05) is 18.2 Å². The topological polar surface area (TPSA) is 71.1 Å². The molecular weight excluding hydrogens is 286 g/mol. The summed E-state index contributed by atoms with van der Waals surface area (Å²) < 4.78 is 27.5. The molecule has 0 bridgehead atoms. The summed E-state index contributed by atoms with van der Waals surface area (Å²) in [7, 11) is -3.32. The number of pyridine rings is 1. The molecule has 0 saturated carbocycles. The first kappa shape index (κ1) is 14.3. The molecule has 0 radical (unpaired) electrons. The van der Waals surface area contributed by atoms with Gasteiger partial charge in [0.2, 0.25) is 10.0 Å². The minimum absolute atomic E-state index is 0.191. The van der Waals surface area contributed by atoms with E-state index >= 15 is 0 Å². The molecule has 1 aromatic heterocycles. The predicted octanol–water partition coefficient (Wildman–Crippen LogP) is 1.98. The monoisotopic (exact) mass is 305 g/mol. The Labute approximate surface area is 124 Å². The summed E-state index contributed by atoms with van der Waals surface area (Å²) in [5.41, 5.74) is 0.629. The van der Waals surface area contributed by atoms with Gasteiger partial charge in [-0.1, -0.05) is 12.1 Å². The summed E-state index contributed by atoms with van der Waals surface area (Å²) in [6, 6.07) is 7.39. The molecule has 5 nitrogen and oxygen atoms in total. The van der Waals surface area contributed by atoms with Crippen LogP contribution in [0.4, 0.5) is 5.69 Å². The summed E-state index contributed by atoms with van der Waals surface area (Å²) in [6.45, 7) is 1.81. The fraction of sp³-hybridized carbons (Fsp3) is 0.400. The maximum atomic E-state index is 12.4. The fourth-order valence-corrected chi connectivity index (χ4v) is 4.33. The van der Waals surface area contributed by atoms with Crippen LogP contribution in [0.15, 0.2) is 36.7 Å². The number of aromatic nitrogens is 1. The van der Waals surface area contributed by atoms with Gasteiger partial charge in [0.15, 0.2) is 0 Å². The maximum Gasteiger partial charge on any atom is 0.233 e. The van der Waals surface area contributed by atoms with Crippen molar-refractivity contribution in [2.45, 2.75) is 12.8 Å². The fourth-order valence-electron chi connectivity index (χ4n) is 2.78. The number of sulfonamides is 1. The second kappa shape index (κ2) is 5.99. The number of rotatable bonds is 4. The van der Waals surface area contributed by atoms with Crippen molar-refractivity contribution < 1.29 is 8.42 Å². The van der Waals surface area contributed by atoms with Gasteiger partial charge >= 0.3 is 0 Å². The summed E-state index contributed by atoms with van der Waals surface area (Å²) in [5, 5.41) is 5.06. The first-order valence-electron chi connectivity index (χ1n) is 7.18. The molecule has 0 amide bonds. The largest absolute Gasteiger partial charge is 0.317 e. The van der Waals surface area contributed by atoms with Gasteiger partial charge in [-0.15, -0.1) is 0 Å². The van der Waals surface area contributed by atoms with Crippen molar-refractivity contribution in [3.05, 3.63) is 36.7 Å². The van der Waals surface area contributed by atoms with Crippen LogP contribution in [-0.4, -0.2) is 32.2 Å². The number of fused-ring (bicyclic) bond motifs is 1. The SMILES string of the molecule is O=S(=O)(CC1CCNCC1)Nc1cccc2cnccc12.